The Morgan fingerprint density at radius 3 is 2.84 bits per heavy atom. The molecule has 4 heteroatoms. The van der Waals surface area contributed by atoms with Gasteiger partial charge in [0.05, 0.1) is 16.7 Å². The third-order valence-corrected chi connectivity index (χ3v) is 2.83. The quantitative estimate of drug-likeness (QED) is 0.724. The number of hydrogen-bond donors (Lipinski definition) is 1. The molecule has 0 saturated carbocycles. The minimum Gasteiger partial charge on any atom is -0.342 e. The summed E-state index contributed by atoms with van der Waals surface area (Å²) in [7, 11) is 0. The molecular weight excluding hydrogens is 236 g/mol. The van der Waals surface area contributed by atoms with E-state index < -0.39 is 0 Å². The van der Waals surface area contributed by atoms with E-state index >= 15 is 0 Å². The highest BCUT2D eigenvalue weighted by molar-refractivity contribution is 5.76. The zero-order valence-corrected chi connectivity index (χ0v) is 10.5. The predicted molar refractivity (Wildman–Crippen MR) is 76.5 cm³/mol. The number of fused-ring (bicyclic) bond motifs is 1. The summed E-state index contributed by atoms with van der Waals surface area (Å²) in [4.78, 5) is 16.4. The average molecular weight is 250 g/mol. The molecule has 0 fully saturated rings. The van der Waals surface area contributed by atoms with Crippen LogP contribution in [0.25, 0.3) is 11.0 Å². The van der Waals surface area contributed by atoms with Gasteiger partial charge in [-0.05, 0) is 24.3 Å². The highest BCUT2D eigenvalue weighted by atomic mass is 14.9. The van der Waals surface area contributed by atoms with Crippen LogP contribution in [0, 0.1) is 0 Å². The number of benzene rings is 1. The molecule has 0 aliphatic heterocycles. The summed E-state index contributed by atoms with van der Waals surface area (Å²) in [5.41, 5.74) is 2.96. The van der Waals surface area contributed by atoms with Crippen molar-refractivity contribution in [3.05, 3.63) is 60.2 Å². The molecule has 0 unspecified atom stereocenters. The lowest BCUT2D eigenvalue weighted by Gasteiger charge is -1.92. The Morgan fingerprint density at radius 2 is 2.00 bits per heavy atom. The highest BCUT2D eigenvalue weighted by Crippen LogP contribution is 2.10. The summed E-state index contributed by atoms with van der Waals surface area (Å²) in [5.74, 6) is 0.972. The van der Waals surface area contributed by atoms with Gasteiger partial charge < -0.3 is 4.98 Å². The largest absolute Gasteiger partial charge is 0.342 e. The van der Waals surface area contributed by atoms with Crippen LogP contribution in [-0.2, 0) is 6.42 Å². The fraction of sp³-hybridized carbons (Fsp3) is 0.133. The van der Waals surface area contributed by atoms with Crippen LogP contribution in [0.15, 0.2) is 53.7 Å². The van der Waals surface area contributed by atoms with Crippen LogP contribution >= 0.6 is 0 Å². The molecule has 0 radical (unpaired) electrons. The van der Waals surface area contributed by atoms with E-state index in [1.54, 1.807) is 12.4 Å². The lowest BCUT2D eigenvalue weighted by atomic mass is 10.3. The number of nitrogens with one attached hydrogen (secondary N) is 1. The molecule has 2 heterocycles. The number of nitrogens with zero attached hydrogens (tertiary/aromatic N) is 3. The molecule has 1 aromatic carbocycles. The van der Waals surface area contributed by atoms with E-state index in [4.69, 9.17) is 0 Å². The normalized spacial score (nSPS) is 11.4. The van der Waals surface area contributed by atoms with Crippen LogP contribution in [-0.4, -0.2) is 27.7 Å². The van der Waals surface area contributed by atoms with Crippen molar-refractivity contribution >= 4 is 17.2 Å². The van der Waals surface area contributed by atoms with Crippen LogP contribution in [0.1, 0.15) is 11.5 Å². The molecule has 0 bridgehead atoms. The summed E-state index contributed by atoms with van der Waals surface area (Å²) < 4.78 is 0. The smallest absolute Gasteiger partial charge is 0.109 e. The lowest BCUT2D eigenvalue weighted by molar-refractivity contribution is 0.903. The first kappa shape index (κ1) is 11.6. The number of imidazole rings is 1. The van der Waals surface area contributed by atoms with Gasteiger partial charge in [0, 0.05) is 25.4 Å². The van der Waals surface area contributed by atoms with Gasteiger partial charge in [-0.1, -0.05) is 18.2 Å². The van der Waals surface area contributed by atoms with Crippen molar-refractivity contribution in [3.63, 3.8) is 0 Å². The first-order chi connectivity index (χ1) is 9.42. The van der Waals surface area contributed by atoms with Gasteiger partial charge in [-0.25, -0.2) is 4.98 Å². The number of aromatic amines is 1. The number of H-pyrrole nitrogens is 1. The van der Waals surface area contributed by atoms with Gasteiger partial charge in [0.2, 0.25) is 0 Å². The molecule has 94 valence electrons. The third-order valence-electron chi connectivity index (χ3n) is 2.83. The Labute approximate surface area is 111 Å². The second-order valence-corrected chi connectivity index (χ2v) is 4.24. The molecule has 0 atom stereocenters. The zero-order chi connectivity index (χ0) is 12.9. The van der Waals surface area contributed by atoms with E-state index in [1.165, 1.54) is 0 Å². The lowest BCUT2D eigenvalue weighted by Crippen LogP contribution is -1.93. The fourth-order valence-electron chi connectivity index (χ4n) is 1.90. The molecular formula is C15H14N4. The first-order valence-electron chi connectivity index (χ1n) is 6.26. The summed E-state index contributed by atoms with van der Waals surface area (Å²) in [6.45, 7) is 0.705. The molecule has 0 saturated heterocycles. The van der Waals surface area contributed by atoms with Gasteiger partial charge in [-0.15, -0.1) is 0 Å². The fourth-order valence-corrected chi connectivity index (χ4v) is 1.90. The van der Waals surface area contributed by atoms with Gasteiger partial charge in [-0.3, -0.25) is 9.98 Å². The Balaban J connectivity index is 1.62. The minimum atomic E-state index is 0.705. The van der Waals surface area contributed by atoms with E-state index in [-0.39, 0.29) is 0 Å². The third kappa shape index (κ3) is 2.85. The van der Waals surface area contributed by atoms with Crippen molar-refractivity contribution < 1.29 is 0 Å². The van der Waals surface area contributed by atoms with Crippen LogP contribution in [0.2, 0.25) is 0 Å². The Morgan fingerprint density at radius 1 is 1.11 bits per heavy atom. The second kappa shape index (κ2) is 5.44. The Bertz CT molecular complexity index is 652. The molecule has 2 aromatic heterocycles. The molecule has 0 amide bonds. The number of rotatable bonds is 4. The zero-order valence-electron chi connectivity index (χ0n) is 10.5. The SMILES string of the molecule is C(=NCCc1nc2ccccc2[nH]1)c1ccccn1. The van der Waals surface area contributed by atoms with E-state index in [2.05, 4.69) is 19.9 Å². The maximum Gasteiger partial charge on any atom is 0.109 e. The maximum atomic E-state index is 4.51. The summed E-state index contributed by atoms with van der Waals surface area (Å²) >= 11 is 0. The van der Waals surface area contributed by atoms with Gasteiger partial charge in [0.25, 0.3) is 0 Å². The Kier molecular flexibility index (Phi) is 3.32. The van der Waals surface area contributed by atoms with Crippen molar-refractivity contribution in [1.82, 2.24) is 15.0 Å². The summed E-state index contributed by atoms with van der Waals surface area (Å²) in [5, 5.41) is 0. The monoisotopic (exact) mass is 250 g/mol. The molecule has 0 aliphatic carbocycles. The van der Waals surface area contributed by atoms with Crippen molar-refractivity contribution in [3.8, 4) is 0 Å². The molecule has 1 N–H and O–H groups in total. The van der Waals surface area contributed by atoms with Crippen LogP contribution in [0.5, 0.6) is 0 Å². The number of hydrogen-bond acceptors (Lipinski definition) is 3. The summed E-state index contributed by atoms with van der Waals surface area (Å²) in [6, 6.07) is 13.8. The standard InChI is InChI=1S/C15H14N4/c1-2-7-14-13(6-1)18-15(19-14)8-10-16-11-12-5-3-4-9-17-12/h1-7,9,11H,8,10H2,(H,18,19). The first-order valence-corrected chi connectivity index (χ1v) is 6.26. The van der Waals surface area contributed by atoms with Crippen molar-refractivity contribution in [2.24, 2.45) is 4.99 Å². The second-order valence-electron chi connectivity index (χ2n) is 4.24. The molecule has 3 aromatic rings. The Hall–Kier alpha value is -2.49. The summed E-state index contributed by atoms with van der Waals surface area (Å²) in [6.07, 6.45) is 4.36. The van der Waals surface area contributed by atoms with E-state index in [9.17, 15) is 0 Å². The topological polar surface area (TPSA) is 53.9 Å². The molecule has 0 spiro atoms. The maximum absolute atomic E-state index is 4.51. The van der Waals surface area contributed by atoms with E-state index in [0.29, 0.717) is 6.54 Å². The minimum absolute atomic E-state index is 0.705. The predicted octanol–water partition coefficient (Wildman–Crippen LogP) is 2.62. The molecule has 19 heavy (non-hydrogen) atoms. The molecule has 4 nitrogen and oxygen atoms in total. The number of pyridine rings is 1. The number of aromatic nitrogens is 3. The van der Waals surface area contributed by atoms with Crippen LogP contribution < -0.4 is 0 Å². The van der Waals surface area contributed by atoms with Gasteiger partial charge >= 0.3 is 0 Å². The molecule has 0 aliphatic rings. The van der Waals surface area contributed by atoms with Crippen molar-refractivity contribution in [1.29, 1.82) is 0 Å². The van der Waals surface area contributed by atoms with Gasteiger partial charge in [-0.2, -0.15) is 0 Å². The number of aliphatic imine (C=N–C) groups is 1. The van der Waals surface area contributed by atoms with E-state index in [1.807, 2.05) is 42.5 Å². The van der Waals surface area contributed by atoms with Crippen LogP contribution in [0.4, 0.5) is 0 Å². The van der Waals surface area contributed by atoms with Crippen molar-refractivity contribution in [2.75, 3.05) is 6.54 Å². The van der Waals surface area contributed by atoms with Gasteiger partial charge in [0.15, 0.2) is 0 Å². The highest BCUT2D eigenvalue weighted by Gasteiger charge is 2.00. The average Bonchev–Trinajstić information content (AvgIpc) is 2.87. The number of para-hydroxylation sites is 2. The van der Waals surface area contributed by atoms with E-state index in [0.717, 1.165) is 29.0 Å². The van der Waals surface area contributed by atoms with Crippen molar-refractivity contribution in [2.45, 2.75) is 6.42 Å². The van der Waals surface area contributed by atoms with Crippen LogP contribution in [0.3, 0.4) is 0 Å². The van der Waals surface area contributed by atoms with Gasteiger partial charge in [0.1, 0.15) is 5.82 Å². The molecule has 3 rings (SSSR count).